The van der Waals surface area contributed by atoms with Crippen LogP contribution in [0.1, 0.15) is 26.2 Å². The molecule has 5 nitrogen and oxygen atoms in total. The summed E-state index contributed by atoms with van der Waals surface area (Å²) in [5.41, 5.74) is -0.633. The van der Waals surface area contributed by atoms with E-state index in [-0.39, 0.29) is 12.5 Å². The molecule has 16 heavy (non-hydrogen) atoms. The Morgan fingerprint density at radius 2 is 2.38 bits per heavy atom. The summed E-state index contributed by atoms with van der Waals surface area (Å²) in [6, 6.07) is 0. The predicted octanol–water partition coefficient (Wildman–Crippen LogP) is 0.0707. The van der Waals surface area contributed by atoms with Crippen molar-refractivity contribution in [2.45, 2.75) is 31.8 Å². The van der Waals surface area contributed by atoms with E-state index in [1.54, 1.807) is 0 Å². The lowest BCUT2D eigenvalue weighted by molar-refractivity contribution is -0.139. The highest BCUT2D eigenvalue weighted by atomic mass is 16.5. The van der Waals surface area contributed by atoms with Gasteiger partial charge in [0.05, 0.1) is 13.2 Å². The van der Waals surface area contributed by atoms with Crippen molar-refractivity contribution in [2.24, 2.45) is 0 Å². The number of aliphatic hydroxyl groups excluding tert-OH is 1. The van der Waals surface area contributed by atoms with Crippen LogP contribution in [0.2, 0.25) is 0 Å². The Morgan fingerprint density at radius 1 is 1.56 bits per heavy atom. The van der Waals surface area contributed by atoms with Crippen molar-refractivity contribution < 1.29 is 19.4 Å². The van der Waals surface area contributed by atoms with Crippen molar-refractivity contribution in [3.63, 3.8) is 0 Å². The zero-order valence-corrected chi connectivity index (χ0v) is 9.83. The van der Waals surface area contributed by atoms with E-state index in [1.807, 2.05) is 6.92 Å². The van der Waals surface area contributed by atoms with E-state index in [9.17, 15) is 4.79 Å². The zero-order chi connectivity index (χ0) is 11.9. The molecule has 0 aliphatic carbocycles. The number of hydrogen-bond acceptors (Lipinski definition) is 4. The number of carbonyl (C=O) groups excluding carboxylic acids is 1. The van der Waals surface area contributed by atoms with Gasteiger partial charge in [0.25, 0.3) is 5.91 Å². The van der Waals surface area contributed by atoms with Gasteiger partial charge in [-0.3, -0.25) is 4.79 Å². The fourth-order valence-electron chi connectivity index (χ4n) is 1.69. The molecule has 1 heterocycles. The maximum Gasteiger partial charge on any atom is 0.251 e. The number of nitrogens with one attached hydrogen (secondary N) is 1. The Balaban J connectivity index is 2.06. The molecule has 0 radical (unpaired) electrons. The van der Waals surface area contributed by atoms with E-state index in [2.05, 4.69) is 5.32 Å². The van der Waals surface area contributed by atoms with Crippen molar-refractivity contribution in [2.75, 3.05) is 33.0 Å². The van der Waals surface area contributed by atoms with E-state index < -0.39 is 5.60 Å². The first-order valence-electron chi connectivity index (χ1n) is 5.80. The molecule has 0 bridgehead atoms. The number of amides is 1. The highest BCUT2D eigenvalue weighted by Gasteiger charge is 2.37. The van der Waals surface area contributed by atoms with Crippen molar-refractivity contribution in [1.29, 1.82) is 0 Å². The van der Waals surface area contributed by atoms with Gasteiger partial charge in [0.15, 0.2) is 0 Å². The van der Waals surface area contributed by atoms with Crippen molar-refractivity contribution in [1.82, 2.24) is 5.32 Å². The minimum absolute atomic E-state index is 0.0350. The van der Waals surface area contributed by atoms with Gasteiger partial charge in [-0.15, -0.1) is 0 Å². The smallest absolute Gasteiger partial charge is 0.251 e. The highest BCUT2D eigenvalue weighted by molar-refractivity contribution is 5.84. The summed E-state index contributed by atoms with van der Waals surface area (Å²) in [6.07, 6.45) is 2.49. The van der Waals surface area contributed by atoms with Gasteiger partial charge in [-0.1, -0.05) is 0 Å². The van der Waals surface area contributed by atoms with Crippen molar-refractivity contribution >= 4 is 5.91 Å². The van der Waals surface area contributed by atoms with Gasteiger partial charge in [0, 0.05) is 19.8 Å². The molecule has 0 aromatic carbocycles. The minimum atomic E-state index is -0.633. The molecule has 94 valence electrons. The minimum Gasteiger partial charge on any atom is -0.394 e. The lowest BCUT2D eigenvalue weighted by Crippen LogP contribution is -2.44. The van der Waals surface area contributed by atoms with Crippen LogP contribution in [0.3, 0.4) is 0 Å². The zero-order valence-electron chi connectivity index (χ0n) is 9.83. The maximum absolute atomic E-state index is 11.7. The summed E-state index contributed by atoms with van der Waals surface area (Å²) in [7, 11) is 0. The third-order valence-electron chi connectivity index (χ3n) is 2.69. The summed E-state index contributed by atoms with van der Waals surface area (Å²) in [4.78, 5) is 11.7. The Kier molecular flexibility index (Phi) is 5.73. The van der Waals surface area contributed by atoms with Crippen LogP contribution in [0.5, 0.6) is 0 Å². The third-order valence-corrected chi connectivity index (χ3v) is 2.69. The number of rotatable bonds is 7. The lowest BCUT2D eigenvalue weighted by Gasteiger charge is -2.21. The summed E-state index contributed by atoms with van der Waals surface area (Å²) in [5.74, 6) is -0.0350. The summed E-state index contributed by atoms with van der Waals surface area (Å²) < 4.78 is 10.5. The second kappa shape index (κ2) is 6.83. The molecule has 0 aromatic rings. The Labute approximate surface area is 96.1 Å². The molecule has 1 atom stereocenters. The molecule has 0 aromatic heterocycles. The summed E-state index contributed by atoms with van der Waals surface area (Å²) in [6.45, 7) is 4.04. The molecule has 1 saturated heterocycles. The molecule has 1 amide bonds. The van der Waals surface area contributed by atoms with E-state index in [0.29, 0.717) is 26.4 Å². The van der Waals surface area contributed by atoms with E-state index in [1.165, 1.54) is 0 Å². The van der Waals surface area contributed by atoms with Crippen molar-refractivity contribution in [3.8, 4) is 0 Å². The molecule has 1 aliphatic heterocycles. The topological polar surface area (TPSA) is 67.8 Å². The van der Waals surface area contributed by atoms with Gasteiger partial charge in [-0.05, 0) is 26.2 Å². The average molecular weight is 231 g/mol. The van der Waals surface area contributed by atoms with Crippen molar-refractivity contribution in [3.05, 3.63) is 0 Å². The van der Waals surface area contributed by atoms with Crippen LogP contribution in [0.4, 0.5) is 0 Å². The first-order chi connectivity index (χ1) is 7.69. The van der Waals surface area contributed by atoms with Gasteiger partial charge in [-0.2, -0.15) is 0 Å². The van der Waals surface area contributed by atoms with Crippen LogP contribution >= 0.6 is 0 Å². The molecule has 0 spiro atoms. The van der Waals surface area contributed by atoms with Gasteiger partial charge < -0.3 is 19.9 Å². The molecule has 1 fully saturated rings. The second-order valence-electron chi connectivity index (χ2n) is 4.13. The average Bonchev–Trinajstić information content (AvgIpc) is 2.71. The van der Waals surface area contributed by atoms with Gasteiger partial charge in [0.2, 0.25) is 0 Å². The summed E-state index contributed by atoms with van der Waals surface area (Å²) >= 11 is 0. The number of carbonyl (C=O) groups is 1. The number of ether oxygens (including phenoxy) is 2. The quantitative estimate of drug-likeness (QED) is 0.608. The molecule has 5 heteroatoms. The number of aliphatic hydroxyl groups is 1. The largest absolute Gasteiger partial charge is 0.394 e. The SMILES string of the molecule is CC1(C(=O)NCCCOCCO)CCCO1. The molecule has 1 rings (SSSR count). The van der Waals surface area contributed by atoms with Crippen LogP contribution in [0.15, 0.2) is 0 Å². The van der Waals surface area contributed by atoms with Gasteiger partial charge in [0.1, 0.15) is 5.60 Å². The van der Waals surface area contributed by atoms with E-state index >= 15 is 0 Å². The molecule has 1 unspecified atom stereocenters. The normalized spacial score (nSPS) is 24.6. The van der Waals surface area contributed by atoms with E-state index in [4.69, 9.17) is 14.6 Å². The monoisotopic (exact) mass is 231 g/mol. The molecule has 1 aliphatic rings. The molecular formula is C11H21NO4. The second-order valence-corrected chi connectivity index (χ2v) is 4.13. The van der Waals surface area contributed by atoms with E-state index in [0.717, 1.165) is 19.3 Å². The van der Waals surface area contributed by atoms with Crippen LogP contribution in [-0.4, -0.2) is 49.6 Å². The molecular weight excluding hydrogens is 210 g/mol. The lowest BCUT2D eigenvalue weighted by atomic mass is 10.0. The van der Waals surface area contributed by atoms with Crippen LogP contribution < -0.4 is 5.32 Å². The fourth-order valence-corrected chi connectivity index (χ4v) is 1.69. The Bertz CT molecular complexity index is 214. The first kappa shape index (κ1) is 13.4. The predicted molar refractivity (Wildman–Crippen MR) is 59.1 cm³/mol. The third kappa shape index (κ3) is 4.08. The molecule has 2 N–H and O–H groups in total. The Morgan fingerprint density at radius 3 is 3.00 bits per heavy atom. The number of hydrogen-bond donors (Lipinski definition) is 2. The molecule has 0 saturated carbocycles. The summed E-state index contributed by atoms with van der Waals surface area (Å²) in [5, 5.41) is 11.3. The maximum atomic E-state index is 11.7. The van der Waals surface area contributed by atoms with Gasteiger partial charge in [-0.25, -0.2) is 0 Å². The van der Waals surface area contributed by atoms with Crippen LogP contribution in [0.25, 0.3) is 0 Å². The fraction of sp³-hybridized carbons (Fsp3) is 0.909. The standard InChI is InChI=1S/C11H21NO4/c1-11(4-2-8-16-11)10(14)12-5-3-7-15-9-6-13/h13H,2-9H2,1H3,(H,12,14). The first-order valence-corrected chi connectivity index (χ1v) is 5.80. The van der Waals surface area contributed by atoms with Crippen LogP contribution in [-0.2, 0) is 14.3 Å². The van der Waals surface area contributed by atoms with Crippen LogP contribution in [0, 0.1) is 0 Å². The van der Waals surface area contributed by atoms with Gasteiger partial charge >= 0.3 is 0 Å². The highest BCUT2D eigenvalue weighted by Crippen LogP contribution is 2.24. The Hall–Kier alpha value is -0.650.